The first kappa shape index (κ1) is 14.3. The molecule has 0 spiro atoms. The number of thioether (sulfide) groups is 1. The van der Waals surface area contributed by atoms with E-state index in [2.05, 4.69) is 52.3 Å². The van der Waals surface area contributed by atoms with Crippen molar-refractivity contribution in [3.05, 3.63) is 53.9 Å². The molecule has 1 aliphatic heterocycles. The smallest absolute Gasteiger partial charge is 0.205 e. The van der Waals surface area contributed by atoms with Gasteiger partial charge in [-0.2, -0.15) is 5.10 Å². The molecule has 0 radical (unpaired) electrons. The minimum Gasteiger partial charge on any atom is -0.440 e. The molecule has 0 fully saturated rings. The van der Waals surface area contributed by atoms with E-state index in [-0.39, 0.29) is 0 Å². The molecule has 0 atom stereocenters. The van der Waals surface area contributed by atoms with Gasteiger partial charge < -0.3 is 4.42 Å². The average Bonchev–Trinajstić information content (AvgIpc) is 3.22. The number of para-hydroxylation sites is 1. The minimum absolute atomic E-state index is 0.711. The molecule has 0 N–H and O–H groups in total. The van der Waals surface area contributed by atoms with Crippen molar-refractivity contribution in [2.24, 2.45) is 5.10 Å². The number of oxazole rings is 1. The van der Waals surface area contributed by atoms with Gasteiger partial charge in [0, 0.05) is 24.1 Å². The lowest BCUT2D eigenvalue weighted by Crippen LogP contribution is -2.12. The Morgan fingerprint density at radius 1 is 1.22 bits per heavy atom. The van der Waals surface area contributed by atoms with Crippen LogP contribution in [0, 0.1) is 6.92 Å². The number of anilines is 1. The maximum atomic E-state index is 5.86. The zero-order valence-corrected chi connectivity index (χ0v) is 13.7. The molecule has 0 unspecified atom stereocenters. The molecule has 5 heteroatoms. The first-order valence-electron chi connectivity index (χ1n) is 7.67. The van der Waals surface area contributed by atoms with Crippen LogP contribution in [0.3, 0.4) is 0 Å². The topological polar surface area (TPSA) is 41.6 Å². The Morgan fingerprint density at radius 3 is 3.00 bits per heavy atom. The van der Waals surface area contributed by atoms with Gasteiger partial charge in [0.25, 0.3) is 0 Å². The second kappa shape index (κ2) is 6.08. The maximum Gasteiger partial charge on any atom is 0.205 e. The maximum absolute atomic E-state index is 5.86. The molecule has 1 aliphatic rings. The Kier molecular flexibility index (Phi) is 3.79. The summed E-state index contributed by atoms with van der Waals surface area (Å²) in [5, 5.41) is 6.48. The quantitative estimate of drug-likeness (QED) is 0.657. The summed E-state index contributed by atoms with van der Waals surface area (Å²) in [5.41, 5.74) is 4.12. The molecule has 4 nitrogen and oxygen atoms in total. The summed E-state index contributed by atoms with van der Waals surface area (Å²) in [4.78, 5) is 5.76. The van der Waals surface area contributed by atoms with E-state index in [4.69, 9.17) is 4.42 Å². The van der Waals surface area contributed by atoms with Crippen LogP contribution < -0.4 is 5.01 Å². The lowest BCUT2D eigenvalue weighted by molar-refractivity contribution is 0.556. The standard InChI is InChI=1S/C18H17N3OS/c1-13-7-8-14-16(11-13)22-18(20-14)12-23-17-6-3-2-5-15(17)21-10-4-9-19-21/h2-3,5-9,11H,4,10,12H2,1H3. The fourth-order valence-electron chi connectivity index (χ4n) is 2.65. The van der Waals surface area contributed by atoms with Crippen molar-refractivity contribution >= 4 is 34.8 Å². The summed E-state index contributed by atoms with van der Waals surface area (Å²) < 4.78 is 5.86. The Bertz CT molecular complexity index is 872. The predicted octanol–water partition coefficient (Wildman–Crippen LogP) is 4.62. The van der Waals surface area contributed by atoms with Gasteiger partial charge in [-0.1, -0.05) is 18.2 Å². The van der Waals surface area contributed by atoms with Gasteiger partial charge in [0.05, 0.1) is 11.4 Å². The van der Waals surface area contributed by atoms with Crippen molar-refractivity contribution in [3.8, 4) is 0 Å². The first-order valence-corrected chi connectivity index (χ1v) is 8.66. The third-order valence-corrected chi connectivity index (χ3v) is 4.82. The number of hydrogen-bond acceptors (Lipinski definition) is 5. The first-order chi connectivity index (χ1) is 11.3. The second-order valence-corrected chi connectivity index (χ2v) is 6.56. The van der Waals surface area contributed by atoms with Crippen LogP contribution in [-0.2, 0) is 5.75 Å². The highest BCUT2D eigenvalue weighted by Gasteiger charge is 2.14. The molecule has 0 bridgehead atoms. The molecular formula is C18H17N3OS. The van der Waals surface area contributed by atoms with Gasteiger partial charge in [-0.3, -0.25) is 5.01 Å². The van der Waals surface area contributed by atoms with E-state index >= 15 is 0 Å². The van der Waals surface area contributed by atoms with Crippen LogP contribution in [0.5, 0.6) is 0 Å². The molecule has 23 heavy (non-hydrogen) atoms. The molecule has 116 valence electrons. The average molecular weight is 323 g/mol. The van der Waals surface area contributed by atoms with E-state index in [1.54, 1.807) is 11.8 Å². The van der Waals surface area contributed by atoms with Crippen LogP contribution in [0.1, 0.15) is 17.9 Å². The van der Waals surface area contributed by atoms with E-state index in [0.29, 0.717) is 5.75 Å². The van der Waals surface area contributed by atoms with Gasteiger partial charge in [0.15, 0.2) is 5.58 Å². The minimum atomic E-state index is 0.711. The van der Waals surface area contributed by atoms with Crippen molar-refractivity contribution in [1.82, 2.24) is 4.98 Å². The molecular weight excluding hydrogens is 306 g/mol. The highest BCUT2D eigenvalue weighted by Crippen LogP contribution is 2.33. The Hall–Kier alpha value is -2.27. The molecule has 3 aromatic rings. The van der Waals surface area contributed by atoms with Crippen molar-refractivity contribution in [2.75, 3.05) is 11.6 Å². The van der Waals surface area contributed by atoms with Gasteiger partial charge in [-0.25, -0.2) is 4.98 Å². The van der Waals surface area contributed by atoms with Crippen LogP contribution in [0.25, 0.3) is 11.1 Å². The Balaban J connectivity index is 1.55. The fraction of sp³-hybridized carbons (Fsp3) is 0.222. The van der Waals surface area contributed by atoms with Crippen molar-refractivity contribution in [1.29, 1.82) is 0 Å². The zero-order valence-electron chi connectivity index (χ0n) is 12.9. The van der Waals surface area contributed by atoms with E-state index in [0.717, 1.165) is 35.6 Å². The second-order valence-electron chi connectivity index (χ2n) is 5.55. The van der Waals surface area contributed by atoms with Crippen LogP contribution in [0.15, 0.2) is 56.9 Å². The number of hydrazone groups is 1. The number of aryl methyl sites for hydroxylation is 1. The molecule has 0 saturated heterocycles. The van der Waals surface area contributed by atoms with E-state index in [9.17, 15) is 0 Å². The van der Waals surface area contributed by atoms with Gasteiger partial charge in [-0.15, -0.1) is 11.8 Å². The number of fused-ring (bicyclic) bond motifs is 1. The Labute approximate surface area is 139 Å². The lowest BCUT2D eigenvalue weighted by atomic mass is 10.2. The van der Waals surface area contributed by atoms with Gasteiger partial charge >= 0.3 is 0 Å². The third kappa shape index (κ3) is 2.97. The molecule has 0 amide bonds. The van der Waals surface area contributed by atoms with Crippen LogP contribution in [0.4, 0.5) is 5.69 Å². The van der Waals surface area contributed by atoms with E-state index in [1.807, 2.05) is 18.3 Å². The normalized spacial score (nSPS) is 14.0. The van der Waals surface area contributed by atoms with Crippen LogP contribution >= 0.6 is 11.8 Å². The summed E-state index contributed by atoms with van der Waals surface area (Å²) >= 11 is 1.73. The van der Waals surface area contributed by atoms with Crippen molar-refractivity contribution < 1.29 is 4.42 Å². The Morgan fingerprint density at radius 2 is 2.13 bits per heavy atom. The highest BCUT2D eigenvalue weighted by atomic mass is 32.2. The van der Waals surface area contributed by atoms with Crippen molar-refractivity contribution in [3.63, 3.8) is 0 Å². The molecule has 2 aromatic carbocycles. The summed E-state index contributed by atoms with van der Waals surface area (Å²) in [5.74, 6) is 1.47. The number of rotatable bonds is 4. The van der Waals surface area contributed by atoms with E-state index in [1.165, 1.54) is 10.5 Å². The molecule has 0 aliphatic carbocycles. The molecule has 2 heterocycles. The predicted molar refractivity (Wildman–Crippen MR) is 95.2 cm³/mol. The fourth-order valence-corrected chi connectivity index (χ4v) is 3.55. The summed E-state index contributed by atoms with van der Waals surface area (Å²) in [6, 6.07) is 14.4. The summed E-state index contributed by atoms with van der Waals surface area (Å²) in [6.45, 7) is 3.00. The SMILES string of the molecule is Cc1ccc2nc(CSc3ccccc3N3CCC=N3)oc2c1. The monoisotopic (exact) mass is 323 g/mol. The van der Waals surface area contributed by atoms with Gasteiger partial charge in [-0.05, 0) is 36.8 Å². The van der Waals surface area contributed by atoms with E-state index < -0.39 is 0 Å². The molecule has 1 aromatic heterocycles. The highest BCUT2D eigenvalue weighted by molar-refractivity contribution is 7.98. The van der Waals surface area contributed by atoms with Crippen LogP contribution in [-0.4, -0.2) is 17.7 Å². The number of aromatic nitrogens is 1. The van der Waals surface area contributed by atoms with Crippen molar-refractivity contribution in [2.45, 2.75) is 24.0 Å². The number of hydrogen-bond donors (Lipinski definition) is 0. The zero-order chi connectivity index (χ0) is 15.6. The van der Waals surface area contributed by atoms with Gasteiger partial charge in [0.2, 0.25) is 5.89 Å². The molecule has 4 rings (SSSR count). The number of nitrogens with zero attached hydrogens (tertiary/aromatic N) is 3. The third-order valence-electron chi connectivity index (χ3n) is 3.77. The lowest BCUT2D eigenvalue weighted by Gasteiger charge is -2.17. The molecule has 0 saturated carbocycles. The summed E-state index contributed by atoms with van der Waals surface area (Å²) in [7, 11) is 0. The number of benzene rings is 2. The van der Waals surface area contributed by atoms with Gasteiger partial charge in [0.1, 0.15) is 5.52 Å². The van der Waals surface area contributed by atoms with Crippen LogP contribution in [0.2, 0.25) is 0 Å². The largest absolute Gasteiger partial charge is 0.440 e. The summed E-state index contributed by atoms with van der Waals surface area (Å²) in [6.07, 6.45) is 2.97.